The lowest BCUT2D eigenvalue weighted by Crippen LogP contribution is -2.51. The fourth-order valence-corrected chi connectivity index (χ4v) is 4.24. The summed E-state index contributed by atoms with van der Waals surface area (Å²) in [5.74, 6) is 0.954. The fraction of sp³-hybridized carbons (Fsp3) is 0.650. The molecule has 1 aromatic rings. The molecule has 4 rings (SSSR count). The highest BCUT2D eigenvalue weighted by atomic mass is 16.5. The number of morpholine rings is 1. The van der Waals surface area contributed by atoms with Crippen molar-refractivity contribution in [2.45, 2.75) is 63.1 Å². The van der Waals surface area contributed by atoms with E-state index in [-0.39, 0.29) is 6.04 Å². The van der Waals surface area contributed by atoms with Gasteiger partial charge in [0.15, 0.2) is 0 Å². The SMILES string of the molecule is Cc1ccccc1C1CC(N(C(=O)CC2COCCN2)C2CC2)C1. The summed E-state index contributed by atoms with van der Waals surface area (Å²) in [7, 11) is 0. The number of nitrogens with zero attached hydrogens (tertiary/aromatic N) is 1. The Balaban J connectivity index is 1.36. The predicted octanol–water partition coefficient (Wildman–Crippen LogP) is 2.61. The minimum Gasteiger partial charge on any atom is -0.378 e. The molecule has 4 nitrogen and oxygen atoms in total. The molecule has 1 aliphatic heterocycles. The van der Waals surface area contributed by atoms with Crippen molar-refractivity contribution in [1.29, 1.82) is 0 Å². The summed E-state index contributed by atoms with van der Waals surface area (Å²) in [4.78, 5) is 15.1. The highest BCUT2D eigenvalue weighted by molar-refractivity contribution is 5.78. The molecule has 0 aromatic heterocycles. The largest absolute Gasteiger partial charge is 0.378 e. The number of carbonyl (C=O) groups excluding carboxylic acids is 1. The first-order chi connectivity index (χ1) is 11.7. The lowest BCUT2D eigenvalue weighted by molar-refractivity contribution is -0.137. The fourth-order valence-electron chi connectivity index (χ4n) is 4.24. The molecule has 1 saturated heterocycles. The molecule has 1 atom stereocenters. The lowest BCUT2D eigenvalue weighted by atomic mass is 9.73. The van der Waals surface area contributed by atoms with E-state index in [0.29, 0.717) is 36.9 Å². The van der Waals surface area contributed by atoms with Gasteiger partial charge in [0.1, 0.15) is 0 Å². The van der Waals surface area contributed by atoms with Gasteiger partial charge in [0, 0.05) is 31.1 Å². The van der Waals surface area contributed by atoms with E-state index in [0.717, 1.165) is 26.0 Å². The van der Waals surface area contributed by atoms with Crippen LogP contribution in [0.15, 0.2) is 24.3 Å². The van der Waals surface area contributed by atoms with Gasteiger partial charge in [-0.15, -0.1) is 0 Å². The minimum atomic E-state index is 0.194. The molecular weight excluding hydrogens is 300 g/mol. The van der Waals surface area contributed by atoms with Crippen LogP contribution in [-0.4, -0.2) is 48.7 Å². The molecule has 1 N–H and O–H groups in total. The quantitative estimate of drug-likeness (QED) is 0.903. The van der Waals surface area contributed by atoms with E-state index in [4.69, 9.17) is 4.74 Å². The van der Waals surface area contributed by atoms with Gasteiger partial charge in [-0.2, -0.15) is 0 Å². The molecule has 0 radical (unpaired) electrons. The zero-order valence-corrected chi connectivity index (χ0v) is 14.5. The van der Waals surface area contributed by atoms with E-state index in [1.54, 1.807) is 0 Å². The van der Waals surface area contributed by atoms with Crippen LogP contribution < -0.4 is 5.32 Å². The van der Waals surface area contributed by atoms with E-state index in [1.807, 2.05) is 0 Å². The third-order valence-corrected chi connectivity index (χ3v) is 5.78. The number of carbonyl (C=O) groups is 1. The number of nitrogens with one attached hydrogen (secondary N) is 1. The van der Waals surface area contributed by atoms with Crippen molar-refractivity contribution < 1.29 is 9.53 Å². The summed E-state index contributed by atoms with van der Waals surface area (Å²) in [6, 6.07) is 9.83. The molecular formula is C20H28N2O2. The molecule has 1 aromatic carbocycles. The Kier molecular flexibility index (Phi) is 4.59. The standard InChI is InChI=1S/C20H28N2O2/c1-14-4-2-3-5-19(14)15-10-18(11-15)22(17-6-7-17)20(23)12-16-13-24-9-8-21-16/h2-5,15-18,21H,6-13H2,1H3. The molecule has 1 heterocycles. The summed E-state index contributed by atoms with van der Waals surface area (Å²) in [5.41, 5.74) is 2.85. The molecule has 130 valence electrons. The van der Waals surface area contributed by atoms with E-state index < -0.39 is 0 Å². The topological polar surface area (TPSA) is 41.6 Å². The van der Waals surface area contributed by atoms with Gasteiger partial charge in [-0.25, -0.2) is 0 Å². The number of amides is 1. The molecule has 24 heavy (non-hydrogen) atoms. The van der Waals surface area contributed by atoms with Gasteiger partial charge in [-0.3, -0.25) is 4.79 Å². The van der Waals surface area contributed by atoms with Crippen LogP contribution in [0.2, 0.25) is 0 Å². The van der Waals surface area contributed by atoms with E-state index in [9.17, 15) is 4.79 Å². The Morgan fingerprint density at radius 1 is 1.25 bits per heavy atom. The average Bonchev–Trinajstić information content (AvgIpc) is 3.37. The van der Waals surface area contributed by atoms with Crippen LogP contribution in [0.5, 0.6) is 0 Å². The maximum Gasteiger partial charge on any atom is 0.224 e. The second-order valence-electron chi connectivity index (χ2n) is 7.64. The first kappa shape index (κ1) is 16.1. The monoisotopic (exact) mass is 328 g/mol. The third-order valence-electron chi connectivity index (χ3n) is 5.78. The first-order valence-corrected chi connectivity index (χ1v) is 9.40. The van der Waals surface area contributed by atoms with Crippen molar-refractivity contribution in [3.05, 3.63) is 35.4 Å². The molecule has 3 fully saturated rings. The second-order valence-corrected chi connectivity index (χ2v) is 7.64. The Morgan fingerprint density at radius 3 is 2.71 bits per heavy atom. The van der Waals surface area contributed by atoms with Crippen LogP contribution in [0.25, 0.3) is 0 Å². The normalized spacial score (nSPS) is 29.8. The molecule has 2 saturated carbocycles. The highest BCUT2D eigenvalue weighted by Gasteiger charge is 2.43. The third kappa shape index (κ3) is 3.35. The van der Waals surface area contributed by atoms with Crippen molar-refractivity contribution >= 4 is 5.91 Å². The molecule has 0 spiro atoms. The Morgan fingerprint density at radius 2 is 2.04 bits per heavy atom. The summed E-state index contributed by atoms with van der Waals surface area (Å²) in [5, 5.41) is 3.41. The lowest BCUT2D eigenvalue weighted by Gasteiger charge is -2.44. The molecule has 4 heteroatoms. The molecule has 3 aliphatic rings. The van der Waals surface area contributed by atoms with Crippen molar-refractivity contribution in [3.8, 4) is 0 Å². The summed E-state index contributed by atoms with van der Waals surface area (Å²) in [6.45, 7) is 4.49. The van der Waals surface area contributed by atoms with Crippen molar-refractivity contribution in [1.82, 2.24) is 10.2 Å². The van der Waals surface area contributed by atoms with Gasteiger partial charge < -0.3 is 15.0 Å². The van der Waals surface area contributed by atoms with Crippen LogP contribution in [-0.2, 0) is 9.53 Å². The van der Waals surface area contributed by atoms with Gasteiger partial charge in [-0.05, 0) is 49.7 Å². The van der Waals surface area contributed by atoms with Crippen molar-refractivity contribution in [2.75, 3.05) is 19.8 Å². The Bertz CT molecular complexity index is 587. The number of rotatable bonds is 5. The maximum atomic E-state index is 12.9. The highest BCUT2D eigenvalue weighted by Crippen LogP contribution is 2.44. The maximum absolute atomic E-state index is 12.9. The number of aryl methyl sites for hydroxylation is 1. The first-order valence-electron chi connectivity index (χ1n) is 9.40. The Labute approximate surface area is 144 Å². The Hall–Kier alpha value is -1.39. The zero-order chi connectivity index (χ0) is 16.5. The minimum absolute atomic E-state index is 0.194. The van der Waals surface area contributed by atoms with Crippen LogP contribution in [0.1, 0.15) is 49.1 Å². The molecule has 2 aliphatic carbocycles. The summed E-state index contributed by atoms with van der Waals surface area (Å²) >= 11 is 0. The second kappa shape index (κ2) is 6.85. The van der Waals surface area contributed by atoms with Crippen molar-refractivity contribution in [2.24, 2.45) is 0 Å². The van der Waals surface area contributed by atoms with Crippen LogP contribution in [0, 0.1) is 6.92 Å². The average molecular weight is 328 g/mol. The van der Waals surface area contributed by atoms with Gasteiger partial charge in [0.2, 0.25) is 5.91 Å². The van der Waals surface area contributed by atoms with Gasteiger partial charge in [0.05, 0.1) is 13.2 Å². The smallest absolute Gasteiger partial charge is 0.224 e. The van der Waals surface area contributed by atoms with Crippen LogP contribution >= 0.6 is 0 Å². The van der Waals surface area contributed by atoms with Crippen LogP contribution in [0.3, 0.4) is 0 Å². The molecule has 1 unspecified atom stereocenters. The summed E-state index contributed by atoms with van der Waals surface area (Å²) in [6.07, 6.45) is 5.21. The number of hydrogen-bond acceptors (Lipinski definition) is 3. The number of hydrogen-bond donors (Lipinski definition) is 1. The zero-order valence-electron chi connectivity index (χ0n) is 14.5. The van der Waals surface area contributed by atoms with E-state index in [2.05, 4.69) is 41.4 Å². The van der Waals surface area contributed by atoms with Gasteiger partial charge in [-0.1, -0.05) is 24.3 Å². The predicted molar refractivity (Wildman–Crippen MR) is 94.0 cm³/mol. The number of benzene rings is 1. The summed E-state index contributed by atoms with van der Waals surface area (Å²) < 4.78 is 5.49. The van der Waals surface area contributed by atoms with E-state index in [1.165, 1.54) is 24.0 Å². The van der Waals surface area contributed by atoms with Gasteiger partial charge >= 0.3 is 0 Å². The molecule has 1 amide bonds. The number of ether oxygens (including phenoxy) is 1. The molecule has 0 bridgehead atoms. The van der Waals surface area contributed by atoms with Crippen LogP contribution in [0.4, 0.5) is 0 Å². The van der Waals surface area contributed by atoms with E-state index >= 15 is 0 Å². The van der Waals surface area contributed by atoms with Gasteiger partial charge in [0.25, 0.3) is 0 Å². The van der Waals surface area contributed by atoms with Crippen molar-refractivity contribution in [3.63, 3.8) is 0 Å².